The molecule has 0 radical (unpaired) electrons. The fourth-order valence-electron chi connectivity index (χ4n) is 3.41. The van der Waals surface area contributed by atoms with Crippen molar-refractivity contribution >= 4 is 11.8 Å². The first-order valence-corrected chi connectivity index (χ1v) is 9.83. The SMILES string of the molecule is CCCCC1C(=O)N(C)CCN1C(=O)c1ccoc1COc1ccc(C)cc1. The molecule has 1 saturated heterocycles. The highest BCUT2D eigenvalue weighted by Gasteiger charge is 2.36. The van der Waals surface area contributed by atoms with E-state index in [1.807, 2.05) is 31.2 Å². The second kappa shape index (κ2) is 8.95. The number of likely N-dealkylation sites (N-methyl/N-ethyl adjacent to an activating group) is 1. The van der Waals surface area contributed by atoms with E-state index in [1.165, 1.54) is 6.26 Å². The van der Waals surface area contributed by atoms with Gasteiger partial charge >= 0.3 is 0 Å². The molecule has 1 aromatic carbocycles. The lowest BCUT2D eigenvalue weighted by atomic mass is 10.0. The van der Waals surface area contributed by atoms with Crippen molar-refractivity contribution in [3.05, 3.63) is 53.5 Å². The Morgan fingerprint density at radius 2 is 1.96 bits per heavy atom. The fourth-order valence-corrected chi connectivity index (χ4v) is 3.41. The Hall–Kier alpha value is -2.76. The van der Waals surface area contributed by atoms with Gasteiger partial charge in [0.2, 0.25) is 5.91 Å². The molecule has 1 aliphatic heterocycles. The summed E-state index contributed by atoms with van der Waals surface area (Å²) in [4.78, 5) is 29.2. The number of amides is 2. The number of hydrogen-bond donors (Lipinski definition) is 0. The zero-order valence-electron chi connectivity index (χ0n) is 16.8. The number of aryl methyl sites for hydroxylation is 1. The number of unbranched alkanes of at least 4 members (excludes halogenated alkanes) is 1. The Kier molecular flexibility index (Phi) is 6.39. The smallest absolute Gasteiger partial charge is 0.258 e. The first-order chi connectivity index (χ1) is 13.5. The van der Waals surface area contributed by atoms with Crippen LogP contribution in [0.1, 0.15) is 47.9 Å². The average Bonchev–Trinajstić information content (AvgIpc) is 3.17. The van der Waals surface area contributed by atoms with E-state index in [4.69, 9.17) is 9.15 Å². The number of carbonyl (C=O) groups is 2. The highest BCUT2D eigenvalue weighted by molar-refractivity contribution is 5.98. The van der Waals surface area contributed by atoms with Gasteiger partial charge in [-0.2, -0.15) is 0 Å². The zero-order chi connectivity index (χ0) is 20.1. The van der Waals surface area contributed by atoms with Gasteiger partial charge in [0.25, 0.3) is 5.91 Å². The summed E-state index contributed by atoms with van der Waals surface area (Å²) in [5.41, 5.74) is 1.62. The normalized spacial score (nSPS) is 17.1. The molecular weight excluding hydrogens is 356 g/mol. The Labute approximate surface area is 166 Å². The number of rotatable bonds is 7. The van der Waals surface area contributed by atoms with Crippen LogP contribution in [-0.2, 0) is 11.4 Å². The monoisotopic (exact) mass is 384 g/mol. The molecule has 3 rings (SSSR count). The van der Waals surface area contributed by atoms with Crippen LogP contribution in [0.3, 0.4) is 0 Å². The highest BCUT2D eigenvalue weighted by atomic mass is 16.5. The number of nitrogens with zero attached hydrogens (tertiary/aromatic N) is 2. The standard InChI is InChI=1S/C22H28N2O4/c1-4-5-6-19-22(26)23(3)12-13-24(19)21(25)18-11-14-27-20(18)15-28-17-9-7-16(2)8-10-17/h7-11,14,19H,4-6,12-13,15H2,1-3H3. The number of hydrogen-bond acceptors (Lipinski definition) is 4. The summed E-state index contributed by atoms with van der Waals surface area (Å²) < 4.78 is 11.3. The maximum absolute atomic E-state index is 13.2. The number of ether oxygens (including phenoxy) is 1. The summed E-state index contributed by atoms with van der Waals surface area (Å²) >= 11 is 0. The molecular formula is C22H28N2O4. The third-order valence-electron chi connectivity index (χ3n) is 5.17. The van der Waals surface area contributed by atoms with E-state index < -0.39 is 6.04 Å². The first kappa shape index (κ1) is 20.0. The molecule has 2 amide bonds. The Morgan fingerprint density at radius 3 is 2.68 bits per heavy atom. The van der Waals surface area contributed by atoms with Crippen molar-refractivity contribution in [2.24, 2.45) is 0 Å². The molecule has 1 fully saturated rings. The van der Waals surface area contributed by atoms with Gasteiger partial charge in [-0.05, 0) is 31.5 Å². The van der Waals surface area contributed by atoms with E-state index in [1.54, 1.807) is 22.9 Å². The minimum atomic E-state index is -0.410. The van der Waals surface area contributed by atoms with E-state index in [0.717, 1.165) is 24.2 Å². The maximum atomic E-state index is 13.2. The molecule has 1 atom stereocenters. The third kappa shape index (κ3) is 4.38. The van der Waals surface area contributed by atoms with E-state index in [2.05, 4.69) is 6.92 Å². The molecule has 2 heterocycles. The van der Waals surface area contributed by atoms with Crippen LogP contribution in [0.2, 0.25) is 0 Å². The molecule has 0 N–H and O–H groups in total. The van der Waals surface area contributed by atoms with Crippen LogP contribution in [0.5, 0.6) is 5.75 Å². The minimum absolute atomic E-state index is 0.00833. The predicted molar refractivity (Wildman–Crippen MR) is 106 cm³/mol. The van der Waals surface area contributed by atoms with Crippen molar-refractivity contribution in [1.82, 2.24) is 9.80 Å². The molecule has 0 aliphatic carbocycles. The van der Waals surface area contributed by atoms with Crippen molar-refractivity contribution < 1.29 is 18.7 Å². The Morgan fingerprint density at radius 1 is 1.21 bits per heavy atom. The van der Waals surface area contributed by atoms with Gasteiger partial charge in [-0.15, -0.1) is 0 Å². The molecule has 28 heavy (non-hydrogen) atoms. The maximum Gasteiger partial charge on any atom is 0.258 e. The molecule has 0 bridgehead atoms. The van der Waals surface area contributed by atoms with Gasteiger partial charge in [0, 0.05) is 20.1 Å². The second-order valence-electron chi connectivity index (χ2n) is 7.28. The molecule has 150 valence electrons. The fraction of sp³-hybridized carbons (Fsp3) is 0.455. The lowest BCUT2D eigenvalue weighted by molar-refractivity contribution is -0.138. The summed E-state index contributed by atoms with van der Waals surface area (Å²) in [5, 5.41) is 0. The van der Waals surface area contributed by atoms with E-state index >= 15 is 0 Å². The van der Waals surface area contributed by atoms with Gasteiger partial charge in [0.1, 0.15) is 18.4 Å². The van der Waals surface area contributed by atoms with Gasteiger partial charge in [-0.25, -0.2) is 0 Å². The topological polar surface area (TPSA) is 63.0 Å². The Bertz CT molecular complexity index is 812. The van der Waals surface area contributed by atoms with E-state index in [-0.39, 0.29) is 18.4 Å². The summed E-state index contributed by atoms with van der Waals surface area (Å²) in [5.74, 6) is 1.04. The molecule has 6 heteroatoms. The van der Waals surface area contributed by atoms with Gasteiger partial charge in [-0.1, -0.05) is 37.5 Å². The Balaban J connectivity index is 1.73. The quantitative estimate of drug-likeness (QED) is 0.731. The van der Waals surface area contributed by atoms with E-state index in [9.17, 15) is 9.59 Å². The molecule has 0 spiro atoms. The first-order valence-electron chi connectivity index (χ1n) is 9.83. The molecule has 6 nitrogen and oxygen atoms in total. The van der Waals surface area contributed by atoms with Crippen LogP contribution in [0, 0.1) is 6.92 Å². The number of carbonyl (C=O) groups excluding carboxylic acids is 2. The minimum Gasteiger partial charge on any atom is -0.486 e. The average molecular weight is 384 g/mol. The zero-order valence-corrected chi connectivity index (χ0v) is 16.8. The van der Waals surface area contributed by atoms with Gasteiger partial charge in [0.15, 0.2) is 5.76 Å². The van der Waals surface area contributed by atoms with Crippen LogP contribution in [0.4, 0.5) is 0 Å². The number of benzene rings is 1. The molecule has 2 aromatic rings. The van der Waals surface area contributed by atoms with Crippen molar-refractivity contribution in [1.29, 1.82) is 0 Å². The molecule has 0 saturated carbocycles. The van der Waals surface area contributed by atoms with Crippen molar-refractivity contribution in [2.75, 3.05) is 20.1 Å². The van der Waals surface area contributed by atoms with Crippen LogP contribution >= 0.6 is 0 Å². The number of piperazine rings is 1. The lowest BCUT2D eigenvalue weighted by Crippen LogP contribution is -2.57. The molecule has 1 aliphatic rings. The van der Waals surface area contributed by atoms with E-state index in [0.29, 0.717) is 30.8 Å². The number of furan rings is 1. The second-order valence-corrected chi connectivity index (χ2v) is 7.28. The van der Waals surface area contributed by atoms with Crippen LogP contribution in [0.15, 0.2) is 41.0 Å². The summed E-state index contributed by atoms with van der Waals surface area (Å²) in [6.45, 7) is 5.33. The van der Waals surface area contributed by atoms with Crippen molar-refractivity contribution in [2.45, 2.75) is 45.8 Å². The van der Waals surface area contributed by atoms with Crippen LogP contribution < -0.4 is 4.74 Å². The van der Waals surface area contributed by atoms with Gasteiger partial charge in [-0.3, -0.25) is 9.59 Å². The van der Waals surface area contributed by atoms with Crippen LogP contribution in [0.25, 0.3) is 0 Å². The molecule has 1 aromatic heterocycles. The summed E-state index contributed by atoms with van der Waals surface area (Å²) in [6, 6.07) is 8.97. The summed E-state index contributed by atoms with van der Waals surface area (Å²) in [6.07, 6.45) is 4.07. The van der Waals surface area contributed by atoms with Gasteiger partial charge < -0.3 is 19.0 Å². The van der Waals surface area contributed by atoms with Crippen molar-refractivity contribution in [3.63, 3.8) is 0 Å². The van der Waals surface area contributed by atoms with Crippen LogP contribution in [-0.4, -0.2) is 47.8 Å². The largest absolute Gasteiger partial charge is 0.486 e. The molecule has 1 unspecified atom stereocenters. The summed E-state index contributed by atoms with van der Waals surface area (Å²) in [7, 11) is 1.79. The third-order valence-corrected chi connectivity index (χ3v) is 5.17. The highest BCUT2D eigenvalue weighted by Crippen LogP contribution is 2.23. The predicted octanol–water partition coefficient (Wildman–Crippen LogP) is 3.64. The lowest BCUT2D eigenvalue weighted by Gasteiger charge is -2.39. The van der Waals surface area contributed by atoms with Gasteiger partial charge in [0.05, 0.1) is 11.8 Å². The van der Waals surface area contributed by atoms with Crippen molar-refractivity contribution in [3.8, 4) is 5.75 Å².